The summed E-state index contributed by atoms with van der Waals surface area (Å²) in [6, 6.07) is 7.13. The van der Waals surface area contributed by atoms with Crippen molar-refractivity contribution in [2.24, 2.45) is 5.92 Å². The first-order valence-electron chi connectivity index (χ1n) is 11.3. The zero-order chi connectivity index (χ0) is 22.7. The van der Waals surface area contributed by atoms with Crippen molar-refractivity contribution in [3.05, 3.63) is 59.7 Å². The number of likely N-dealkylation sites (N-methyl/N-ethyl adjacent to an activating group) is 1. The topological polar surface area (TPSA) is 87.1 Å². The maximum Gasteiger partial charge on any atom is 0.410 e. The van der Waals surface area contributed by atoms with Gasteiger partial charge in [0.2, 0.25) is 5.91 Å². The highest BCUT2D eigenvalue weighted by molar-refractivity contribution is 5.89. The third-order valence-corrected chi connectivity index (χ3v) is 6.86. The van der Waals surface area contributed by atoms with Gasteiger partial charge in [-0.15, -0.1) is 0 Å². The van der Waals surface area contributed by atoms with Gasteiger partial charge in [0.1, 0.15) is 12.6 Å². The molecule has 1 aromatic carbocycles. The highest BCUT2D eigenvalue weighted by Crippen LogP contribution is 2.49. The van der Waals surface area contributed by atoms with Gasteiger partial charge in [0.15, 0.2) is 0 Å². The van der Waals surface area contributed by atoms with Crippen LogP contribution in [0.25, 0.3) is 0 Å². The number of carbonyl (C=O) groups is 3. The molecular formula is C25H30N2O5. The van der Waals surface area contributed by atoms with Crippen molar-refractivity contribution in [3.63, 3.8) is 0 Å². The second kappa shape index (κ2) is 9.59. The summed E-state index contributed by atoms with van der Waals surface area (Å²) in [5.74, 6) is -0.950. The number of rotatable bonds is 6. The standard InChI is InChI=1S/C25H30N2O5/c1-26(22(15-23(28)29)24(30)27-13-7-2-8-14-27)25(31)32-16-21-19-11-5-3-9-17(19)18-10-4-6-12-20(18)21/h3-6,9-12,17,19,21-22H,2,7-8,13-16H2,1H3,(H,28,29)/t17?,19?,21?,22-/m0/s1. The van der Waals surface area contributed by atoms with E-state index in [-0.39, 0.29) is 30.3 Å². The largest absolute Gasteiger partial charge is 0.481 e. The first kappa shape index (κ1) is 22.1. The molecule has 1 aliphatic heterocycles. The Morgan fingerprint density at radius 1 is 1.09 bits per heavy atom. The quantitative estimate of drug-likeness (QED) is 0.734. The van der Waals surface area contributed by atoms with Gasteiger partial charge in [0.05, 0.1) is 6.42 Å². The lowest BCUT2D eigenvalue weighted by Crippen LogP contribution is -2.51. The number of carboxylic acid groups (broad SMARTS) is 1. The Labute approximate surface area is 188 Å². The smallest absolute Gasteiger partial charge is 0.410 e. The number of carbonyl (C=O) groups excluding carboxylic acids is 2. The molecule has 1 saturated heterocycles. The Morgan fingerprint density at radius 2 is 1.78 bits per heavy atom. The molecule has 2 aliphatic carbocycles. The Bertz CT molecular complexity index is 934. The van der Waals surface area contributed by atoms with Crippen LogP contribution in [0.5, 0.6) is 0 Å². The average Bonchev–Trinajstić information content (AvgIpc) is 3.14. The highest BCUT2D eigenvalue weighted by Gasteiger charge is 2.40. The number of amides is 2. The minimum atomic E-state index is -1.12. The van der Waals surface area contributed by atoms with Crippen LogP contribution in [-0.2, 0) is 14.3 Å². The molecule has 1 fully saturated rings. The zero-order valence-electron chi connectivity index (χ0n) is 18.4. The summed E-state index contributed by atoms with van der Waals surface area (Å²) in [6.45, 7) is 1.37. The second-order valence-electron chi connectivity index (χ2n) is 8.80. The number of carboxylic acids is 1. The third kappa shape index (κ3) is 4.42. The molecule has 2 amide bonds. The molecule has 4 atom stereocenters. The van der Waals surface area contributed by atoms with Gasteiger partial charge in [-0.2, -0.15) is 0 Å². The normalized spacial score (nSPS) is 24.4. The molecule has 0 radical (unpaired) electrons. The maximum atomic E-state index is 13.0. The van der Waals surface area contributed by atoms with E-state index in [2.05, 4.69) is 24.3 Å². The van der Waals surface area contributed by atoms with Crippen LogP contribution in [0.3, 0.4) is 0 Å². The Kier molecular flexibility index (Phi) is 6.63. The van der Waals surface area contributed by atoms with Crippen LogP contribution < -0.4 is 0 Å². The average molecular weight is 439 g/mol. The molecule has 0 saturated carbocycles. The summed E-state index contributed by atoms with van der Waals surface area (Å²) < 4.78 is 5.66. The lowest BCUT2D eigenvalue weighted by molar-refractivity contribution is -0.145. The summed E-state index contributed by atoms with van der Waals surface area (Å²) in [7, 11) is 1.45. The van der Waals surface area contributed by atoms with Crippen molar-refractivity contribution in [1.82, 2.24) is 9.80 Å². The fourth-order valence-electron chi connectivity index (χ4n) is 5.15. The summed E-state index contributed by atoms with van der Waals surface area (Å²) in [5.41, 5.74) is 2.41. The van der Waals surface area contributed by atoms with Crippen LogP contribution >= 0.6 is 0 Å². The van der Waals surface area contributed by atoms with Crippen LogP contribution in [-0.4, -0.2) is 65.7 Å². The molecule has 4 rings (SSSR count). The van der Waals surface area contributed by atoms with E-state index in [1.54, 1.807) is 4.90 Å². The number of allylic oxidation sites excluding steroid dienone is 4. The van der Waals surface area contributed by atoms with E-state index < -0.39 is 24.5 Å². The van der Waals surface area contributed by atoms with E-state index in [1.807, 2.05) is 24.3 Å². The zero-order valence-corrected chi connectivity index (χ0v) is 18.4. The molecule has 170 valence electrons. The molecule has 7 heteroatoms. The highest BCUT2D eigenvalue weighted by atomic mass is 16.6. The van der Waals surface area contributed by atoms with Crippen LogP contribution in [0.2, 0.25) is 0 Å². The van der Waals surface area contributed by atoms with Crippen molar-refractivity contribution in [2.45, 2.75) is 43.6 Å². The van der Waals surface area contributed by atoms with Gasteiger partial charge in [-0.25, -0.2) is 4.79 Å². The van der Waals surface area contributed by atoms with Crippen molar-refractivity contribution < 1.29 is 24.2 Å². The van der Waals surface area contributed by atoms with Crippen molar-refractivity contribution in [2.75, 3.05) is 26.7 Å². The van der Waals surface area contributed by atoms with E-state index in [9.17, 15) is 19.5 Å². The van der Waals surface area contributed by atoms with Gasteiger partial charge in [-0.3, -0.25) is 14.5 Å². The number of nitrogens with zero attached hydrogens (tertiary/aromatic N) is 2. The first-order chi connectivity index (χ1) is 15.5. The maximum absolute atomic E-state index is 13.0. The van der Waals surface area contributed by atoms with Gasteiger partial charge in [-0.05, 0) is 36.3 Å². The predicted molar refractivity (Wildman–Crippen MR) is 119 cm³/mol. The molecule has 1 N–H and O–H groups in total. The molecule has 32 heavy (non-hydrogen) atoms. The first-order valence-corrected chi connectivity index (χ1v) is 11.3. The summed E-state index contributed by atoms with van der Waals surface area (Å²) in [6.07, 6.45) is 10.1. The lowest BCUT2D eigenvalue weighted by Gasteiger charge is -2.33. The fraction of sp³-hybridized carbons (Fsp3) is 0.480. The summed E-state index contributed by atoms with van der Waals surface area (Å²) >= 11 is 0. The molecule has 0 aromatic heterocycles. The molecule has 0 bridgehead atoms. The van der Waals surface area contributed by atoms with Gasteiger partial charge >= 0.3 is 12.1 Å². The van der Waals surface area contributed by atoms with Gasteiger partial charge in [0, 0.05) is 32.0 Å². The Morgan fingerprint density at radius 3 is 2.50 bits per heavy atom. The second-order valence-corrected chi connectivity index (χ2v) is 8.80. The van der Waals surface area contributed by atoms with Crippen LogP contribution in [0.1, 0.15) is 48.6 Å². The third-order valence-electron chi connectivity index (χ3n) is 6.86. The van der Waals surface area contributed by atoms with Crippen LogP contribution in [0, 0.1) is 5.92 Å². The van der Waals surface area contributed by atoms with E-state index in [0.29, 0.717) is 13.1 Å². The molecular weight excluding hydrogens is 408 g/mol. The number of hydrogen-bond donors (Lipinski definition) is 1. The monoisotopic (exact) mass is 438 g/mol. The summed E-state index contributed by atoms with van der Waals surface area (Å²) in [5, 5.41) is 9.34. The number of aliphatic carboxylic acids is 1. The van der Waals surface area contributed by atoms with Crippen molar-refractivity contribution in [1.29, 1.82) is 0 Å². The van der Waals surface area contributed by atoms with E-state index >= 15 is 0 Å². The Balaban J connectivity index is 1.45. The van der Waals surface area contributed by atoms with Gasteiger partial charge in [0.25, 0.3) is 0 Å². The van der Waals surface area contributed by atoms with Gasteiger partial charge in [-0.1, -0.05) is 48.6 Å². The number of hydrogen-bond acceptors (Lipinski definition) is 4. The molecule has 0 spiro atoms. The van der Waals surface area contributed by atoms with Crippen LogP contribution in [0.15, 0.2) is 48.6 Å². The number of piperidine rings is 1. The lowest BCUT2D eigenvalue weighted by atomic mass is 9.84. The number of likely N-dealkylation sites (tertiary alicyclic amines) is 1. The number of benzene rings is 1. The minimum Gasteiger partial charge on any atom is -0.481 e. The summed E-state index contributed by atoms with van der Waals surface area (Å²) in [4.78, 5) is 40.1. The van der Waals surface area contributed by atoms with Crippen LogP contribution in [0.4, 0.5) is 4.79 Å². The van der Waals surface area contributed by atoms with E-state index in [1.165, 1.54) is 18.2 Å². The van der Waals surface area contributed by atoms with Gasteiger partial charge < -0.3 is 14.7 Å². The minimum absolute atomic E-state index is 0.0190. The molecule has 3 aliphatic rings. The predicted octanol–water partition coefficient (Wildman–Crippen LogP) is 3.53. The number of ether oxygens (including phenoxy) is 1. The molecule has 3 unspecified atom stereocenters. The van der Waals surface area contributed by atoms with Crippen molar-refractivity contribution in [3.8, 4) is 0 Å². The van der Waals surface area contributed by atoms with E-state index in [4.69, 9.17) is 4.74 Å². The molecule has 1 aromatic rings. The number of fused-ring (bicyclic) bond motifs is 3. The molecule has 7 nitrogen and oxygen atoms in total. The fourth-order valence-corrected chi connectivity index (χ4v) is 5.15. The van der Waals surface area contributed by atoms with Crippen molar-refractivity contribution >= 4 is 18.0 Å². The van der Waals surface area contributed by atoms with E-state index in [0.717, 1.165) is 24.2 Å². The SMILES string of the molecule is CN(C(=O)OCC1c2ccccc2C2C=CC=CC21)[C@@H](CC(=O)O)C(=O)N1CCCCC1. The Hall–Kier alpha value is -3.09. The molecule has 1 heterocycles.